The largest absolute Gasteiger partial charge is 0.493 e. The van der Waals surface area contributed by atoms with Crippen molar-refractivity contribution in [2.75, 3.05) is 32.9 Å². The van der Waals surface area contributed by atoms with Crippen molar-refractivity contribution in [3.63, 3.8) is 0 Å². The lowest BCUT2D eigenvalue weighted by Gasteiger charge is -2.46. The predicted octanol–water partition coefficient (Wildman–Crippen LogP) is 2.16. The molecule has 0 aliphatic carbocycles. The molecule has 0 radical (unpaired) electrons. The van der Waals surface area contributed by atoms with Crippen molar-refractivity contribution in [3.8, 4) is 5.75 Å². The number of benzene rings is 1. The Morgan fingerprint density at radius 3 is 2.76 bits per heavy atom. The first-order valence-electron chi connectivity index (χ1n) is 7.92. The summed E-state index contributed by atoms with van der Waals surface area (Å²) in [5.74, 6) is 0.901. The molecule has 2 aliphatic heterocycles. The molecule has 0 bridgehead atoms. The van der Waals surface area contributed by atoms with Crippen molar-refractivity contribution in [1.29, 1.82) is 0 Å². The quantitative estimate of drug-likeness (QED) is 0.923. The Balaban J connectivity index is 1.91. The SMILES string of the molecule is CCC(C)(C(O)c1cccc2c1OCC2)N1CCOCC1. The molecule has 116 valence electrons. The molecule has 4 nitrogen and oxygen atoms in total. The minimum Gasteiger partial charge on any atom is -0.493 e. The van der Waals surface area contributed by atoms with Crippen LogP contribution in [0.5, 0.6) is 5.75 Å². The van der Waals surface area contributed by atoms with Crippen molar-refractivity contribution >= 4 is 0 Å². The first kappa shape index (κ1) is 14.8. The number of aliphatic hydroxyl groups is 1. The van der Waals surface area contributed by atoms with E-state index in [1.54, 1.807) is 0 Å². The standard InChI is InChI=1S/C17H25NO3/c1-3-17(2,18-8-11-20-12-9-18)16(19)14-6-4-5-13-7-10-21-15(13)14/h4-6,16,19H,3,7-12H2,1-2H3. The molecule has 1 aromatic carbocycles. The summed E-state index contributed by atoms with van der Waals surface area (Å²) in [6, 6.07) is 6.13. The zero-order chi connectivity index (χ0) is 14.9. The molecule has 1 saturated heterocycles. The monoisotopic (exact) mass is 291 g/mol. The lowest BCUT2D eigenvalue weighted by atomic mass is 9.84. The molecule has 3 rings (SSSR count). The molecule has 1 fully saturated rings. The van der Waals surface area contributed by atoms with Crippen molar-refractivity contribution in [1.82, 2.24) is 4.90 Å². The van der Waals surface area contributed by atoms with Crippen molar-refractivity contribution < 1.29 is 14.6 Å². The molecule has 2 unspecified atom stereocenters. The maximum atomic E-state index is 11.1. The van der Waals surface area contributed by atoms with E-state index in [1.165, 1.54) is 5.56 Å². The van der Waals surface area contributed by atoms with Gasteiger partial charge in [0.25, 0.3) is 0 Å². The van der Waals surface area contributed by atoms with Gasteiger partial charge in [-0.3, -0.25) is 4.90 Å². The number of nitrogens with zero attached hydrogens (tertiary/aromatic N) is 1. The zero-order valence-corrected chi connectivity index (χ0v) is 13.0. The van der Waals surface area contributed by atoms with E-state index in [1.807, 2.05) is 12.1 Å². The van der Waals surface area contributed by atoms with E-state index in [0.29, 0.717) is 0 Å². The Kier molecular flexibility index (Phi) is 4.20. The number of ether oxygens (including phenoxy) is 2. The zero-order valence-electron chi connectivity index (χ0n) is 13.0. The van der Waals surface area contributed by atoms with Crippen LogP contribution in [0.2, 0.25) is 0 Å². The first-order valence-corrected chi connectivity index (χ1v) is 7.92. The van der Waals surface area contributed by atoms with Gasteiger partial charge in [0.1, 0.15) is 11.9 Å². The van der Waals surface area contributed by atoms with Crippen molar-refractivity contribution in [2.45, 2.75) is 38.3 Å². The molecule has 2 atom stereocenters. The van der Waals surface area contributed by atoms with E-state index in [-0.39, 0.29) is 5.54 Å². The van der Waals surface area contributed by atoms with Gasteiger partial charge in [0.2, 0.25) is 0 Å². The second-order valence-electron chi connectivity index (χ2n) is 6.15. The average molecular weight is 291 g/mol. The lowest BCUT2D eigenvalue weighted by Crippen LogP contribution is -2.54. The molecule has 0 saturated carbocycles. The number of fused-ring (bicyclic) bond motifs is 1. The van der Waals surface area contributed by atoms with Crippen LogP contribution in [0.15, 0.2) is 18.2 Å². The average Bonchev–Trinajstić information content (AvgIpc) is 3.02. The molecule has 1 N–H and O–H groups in total. The van der Waals surface area contributed by atoms with Crippen molar-refractivity contribution in [3.05, 3.63) is 29.3 Å². The molecule has 4 heteroatoms. The topological polar surface area (TPSA) is 41.9 Å². The van der Waals surface area contributed by atoms with Crippen LogP contribution in [0, 0.1) is 0 Å². The fourth-order valence-corrected chi connectivity index (χ4v) is 3.46. The molecule has 0 amide bonds. The van der Waals surface area contributed by atoms with E-state index in [4.69, 9.17) is 9.47 Å². The molecule has 2 heterocycles. The van der Waals surface area contributed by atoms with Crippen LogP contribution >= 0.6 is 0 Å². The minimum atomic E-state index is -0.548. The van der Waals surface area contributed by atoms with Gasteiger partial charge in [-0.25, -0.2) is 0 Å². The number of rotatable bonds is 4. The third-order valence-corrected chi connectivity index (χ3v) is 5.08. The van der Waals surface area contributed by atoms with Gasteiger partial charge in [-0.1, -0.05) is 25.1 Å². The molecular formula is C17H25NO3. The Hall–Kier alpha value is -1.10. The van der Waals surface area contributed by atoms with Crippen LogP contribution in [0.4, 0.5) is 0 Å². The summed E-state index contributed by atoms with van der Waals surface area (Å²) in [6.07, 6.45) is 1.28. The van der Waals surface area contributed by atoms with Gasteiger partial charge >= 0.3 is 0 Å². The highest BCUT2D eigenvalue weighted by atomic mass is 16.5. The van der Waals surface area contributed by atoms with Crippen LogP contribution < -0.4 is 4.74 Å². The number of para-hydroxylation sites is 1. The summed E-state index contributed by atoms with van der Waals surface area (Å²) in [5, 5.41) is 11.1. The summed E-state index contributed by atoms with van der Waals surface area (Å²) < 4.78 is 11.2. The highest BCUT2D eigenvalue weighted by Gasteiger charge is 2.40. The molecule has 21 heavy (non-hydrogen) atoms. The second-order valence-corrected chi connectivity index (χ2v) is 6.15. The second kappa shape index (κ2) is 5.95. The van der Waals surface area contributed by atoms with Crippen molar-refractivity contribution in [2.24, 2.45) is 0 Å². The van der Waals surface area contributed by atoms with Crippen LogP contribution in [0.3, 0.4) is 0 Å². The Morgan fingerprint density at radius 2 is 2.05 bits per heavy atom. The van der Waals surface area contributed by atoms with Gasteiger partial charge in [0.05, 0.1) is 19.8 Å². The van der Waals surface area contributed by atoms with Gasteiger partial charge in [-0.15, -0.1) is 0 Å². The van der Waals surface area contributed by atoms with E-state index in [9.17, 15) is 5.11 Å². The molecule has 0 aromatic heterocycles. The van der Waals surface area contributed by atoms with Crippen LogP contribution in [0.25, 0.3) is 0 Å². The maximum absolute atomic E-state index is 11.1. The highest BCUT2D eigenvalue weighted by molar-refractivity contribution is 5.46. The number of aliphatic hydroxyl groups excluding tert-OH is 1. The van der Waals surface area contributed by atoms with Gasteiger partial charge < -0.3 is 14.6 Å². The smallest absolute Gasteiger partial charge is 0.128 e. The Morgan fingerprint density at radius 1 is 1.29 bits per heavy atom. The van der Waals surface area contributed by atoms with E-state index in [0.717, 1.165) is 57.1 Å². The fourth-order valence-electron chi connectivity index (χ4n) is 3.46. The van der Waals surface area contributed by atoms with Gasteiger partial charge in [0.15, 0.2) is 0 Å². The predicted molar refractivity (Wildman–Crippen MR) is 81.7 cm³/mol. The summed E-state index contributed by atoms with van der Waals surface area (Å²) >= 11 is 0. The number of hydrogen-bond donors (Lipinski definition) is 1. The summed E-state index contributed by atoms with van der Waals surface area (Å²) in [5.41, 5.74) is 1.86. The van der Waals surface area contributed by atoms with Gasteiger partial charge in [0, 0.05) is 30.6 Å². The van der Waals surface area contributed by atoms with Crippen LogP contribution in [0.1, 0.15) is 37.5 Å². The minimum absolute atomic E-state index is 0.287. The molecule has 1 aromatic rings. The van der Waals surface area contributed by atoms with Gasteiger partial charge in [-0.2, -0.15) is 0 Å². The third-order valence-electron chi connectivity index (χ3n) is 5.08. The summed E-state index contributed by atoms with van der Waals surface area (Å²) in [6.45, 7) is 8.24. The van der Waals surface area contributed by atoms with E-state index < -0.39 is 6.10 Å². The first-order chi connectivity index (χ1) is 10.2. The van der Waals surface area contributed by atoms with Gasteiger partial charge in [-0.05, 0) is 18.9 Å². The maximum Gasteiger partial charge on any atom is 0.128 e. The Bertz CT molecular complexity index is 499. The lowest BCUT2D eigenvalue weighted by molar-refractivity contribution is -0.0739. The number of morpholine rings is 1. The molecule has 0 spiro atoms. The number of hydrogen-bond acceptors (Lipinski definition) is 4. The summed E-state index contributed by atoms with van der Waals surface area (Å²) in [7, 11) is 0. The van der Waals surface area contributed by atoms with Crippen LogP contribution in [-0.2, 0) is 11.2 Å². The molecular weight excluding hydrogens is 266 g/mol. The highest BCUT2D eigenvalue weighted by Crippen LogP contribution is 2.41. The molecule has 2 aliphatic rings. The Labute approximate surface area is 126 Å². The van der Waals surface area contributed by atoms with E-state index in [2.05, 4.69) is 24.8 Å². The normalized spacial score (nSPS) is 23.2. The van der Waals surface area contributed by atoms with Crippen LogP contribution in [-0.4, -0.2) is 48.5 Å². The summed E-state index contributed by atoms with van der Waals surface area (Å²) in [4.78, 5) is 2.36. The van der Waals surface area contributed by atoms with E-state index >= 15 is 0 Å². The third kappa shape index (κ3) is 2.56. The fraction of sp³-hybridized carbons (Fsp3) is 0.647.